The minimum atomic E-state index is -4.57. The predicted molar refractivity (Wildman–Crippen MR) is 142 cm³/mol. The summed E-state index contributed by atoms with van der Waals surface area (Å²) in [5.74, 6) is -1.32. The van der Waals surface area contributed by atoms with Crippen molar-refractivity contribution in [2.24, 2.45) is 0 Å². The molecule has 11 nitrogen and oxygen atoms in total. The van der Waals surface area contributed by atoms with Crippen molar-refractivity contribution in [3.63, 3.8) is 0 Å². The molecule has 3 heterocycles. The fraction of sp³-hybridized carbons (Fsp3) is 0.346. The molecule has 0 radical (unpaired) electrons. The van der Waals surface area contributed by atoms with Crippen LogP contribution in [-0.2, 0) is 32.2 Å². The monoisotopic (exact) mass is 642 g/mol. The first kappa shape index (κ1) is 32.3. The SMILES string of the molecule is CC(F)(F)Oc1cccc(CNC(=O)c2nnc(CCC(F)Cn3cc(C(=O)NCc4cncc(C(F)(F)F)c4)nn3)s2)c1. The number of carbonyl (C=O) groups excluding carboxylic acids is 2. The Kier molecular flexibility index (Phi) is 10.1. The zero-order valence-corrected chi connectivity index (χ0v) is 23.6. The molecule has 44 heavy (non-hydrogen) atoms. The summed E-state index contributed by atoms with van der Waals surface area (Å²) in [7, 11) is 0. The van der Waals surface area contributed by atoms with E-state index in [0.29, 0.717) is 23.7 Å². The molecule has 0 spiro atoms. The largest absolute Gasteiger partial charge is 0.433 e. The molecule has 0 fully saturated rings. The molecule has 1 aromatic carbocycles. The fourth-order valence-corrected chi connectivity index (χ4v) is 4.48. The van der Waals surface area contributed by atoms with Crippen LogP contribution in [0.4, 0.5) is 26.3 Å². The van der Waals surface area contributed by atoms with Gasteiger partial charge in [-0.1, -0.05) is 28.7 Å². The number of nitrogens with zero attached hydrogens (tertiary/aromatic N) is 6. The maximum Gasteiger partial charge on any atom is 0.417 e. The summed E-state index contributed by atoms with van der Waals surface area (Å²) >= 11 is 0.970. The Hall–Kier alpha value is -4.61. The van der Waals surface area contributed by atoms with E-state index in [1.807, 2.05) is 0 Å². The van der Waals surface area contributed by atoms with Crippen molar-refractivity contribution in [1.29, 1.82) is 0 Å². The van der Waals surface area contributed by atoms with Crippen LogP contribution < -0.4 is 15.4 Å². The zero-order valence-electron chi connectivity index (χ0n) is 22.8. The Balaban J connectivity index is 1.21. The number of aromatic nitrogens is 6. The molecule has 3 aromatic heterocycles. The first-order valence-corrected chi connectivity index (χ1v) is 13.7. The van der Waals surface area contributed by atoms with Gasteiger partial charge in [-0.05, 0) is 35.7 Å². The maximum absolute atomic E-state index is 14.6. The average Bonchev–Trinajstić information content (AvgIpc) is 3.63. The number of pyridine rings is 1. The first-order valence-electron chi connectivity index (χ1n) is 12.8. The lowest BCUT2D eigenvalue weighted by Crippen LogP contribution is -2.23. The number of ether oxygens (including phenoxy) is 1. The number of amides is 2. The number of alkyl halides is 6. The minimum absolute atomic E-state index is 0.00492. The van der Waals surface area contributed by atoms with Gasteiger partial charge in [0.2, 0.25) is 5.01 Å². The molecule has 4 aromatic rings. The number of benzene rings is 1. The van der Waals surface area contributed by atoms with Gasteiger partial charge in [0.25, 0.3) is 11.8 Å². The topological polar surface area (TPSA) is 137 Å². The molecule has 0 aliphatic carbocycles. The third-order valence-corrected chi connectivity index (χ3v) is 6.69. The molecule has 0 bridgehead atoms. The Morgan fingerprint density at radius 1 is 1.00 bits per heavy atom. The second kappa shape index (κ2) is 13.8. The van der Waals surface area contributed by atoms with Crippen LogP contribution >= 0.6 is 11.3 Å². The van der Waals surface area contributed by atoms with Gasteiger partial charge in [0.15, 0.2) is 5.69 Å². The van der Waals surface area contributed by atoms with Crippen LogP contribution in [0, 0.1) is 0 Å². The van der Waals surface area contributed by atoms with Crippen molar-refractivity contribution < 1.29 is 40.7 Å². The van der Waals surface area contributed by atoms with Gasteiger partial charge in [0.1, 0.15) is 16.9 Å². The first-order chi connectivity index (χ1) is 20.7. The molecule has 2 N–H and O–H groups in total. The van der Waals surface area contributed by atoms with E-state index < -0.39 is 35.8 Å². The Bertz CT molecular complexity index is 1590. The molecule has 1 unspecified atom stereocenters. The molecule has 4 rings (SSSR count). The molecular formula is C26H24F6N8O3S. The third-order valence-electron chi connectivity index (χ3n) is 5.71. The van der Waals surface area contributed by atoms with Crippen LogP contribution in [0.3, 0.4) is 0 Å². The van der Waals surface area contributed by atoms with Crippen LogP contribution in [0.2, 0.25) is 0 Å². The summed E-state index contributed by atoms with van der Waals surface area (Å²) in [5.41, 5.74) is -0.453. The average molecular weight is 643 g/mol. The summed E-state index contributed by atoms with van der Waals surface area (Å²) in [5, 5.41) is 20.6. The maximum atomic E-state index is 14.6. The van der Waals surface area contributed by atoms with E-state index in [4.69, 9.17) is 0 Å². The van der Waals surface area contributed by atoms with E-state index >= 15 is 0 Å². The van der Waals surface area contributed by atoms with Crippen molar-refractivity contribution in [3.8, 4) is 5.75 Å². The Labute approximate surface area is 249 Å². The van der Waals surface area contributed by atoms with Gasteiger partial charge in [-0.25, -0.2) is 9.07 Å². The fourth-order valence-electron chi connectivity index (χ4n) is 3.71. The number of hydrogen-bond donors (Lipinski definition) is 2. The van der Waals surface area contributed by atoms with E-state index in [-0.39, 0.29) is 54.5 Å². The summed E-state index contributed by atoms with van der Waals surface area (Å²) in [6, 6.07) is 6.73. The molecule has 0 saturated heterocycles. The lowest BCUT2D eigenvalue weighted by atomic mass is 10.2. The number of halogens is 6. The number of nitrogens with one attached hydrogen (secondary N) is 2. The second-order valence-corrected chi connectivity index (χ2v) is 10.5. The van der Waals surface area contributed by atoms with Crippen molar-refractivity contribution in [2.75, 3.05) is 0 Å². The minimum Gasteiger partial charge on any atom is -0.433 e. The van der Waals surface area contributed by atoms with E-state index in [2.05, 4.69) is 40.9 Å². The van der Waals surface area contributed by atoms with Crippen molar-refractivity contribution >= 4 is 23.2 Å². The highest BCUT2D eigenvalue weighted by atomic mass is 32.1. The standard InChI is InChI=1S/C26H24F6N8O3S/c1-25(28,29)43-19-4-2-3-15(8-19)10-35-23(42)24-38-37-21(44-24)6-5-18(27)13-40-14-20(36-39-40)22(41)34-11-16-7-17(12-33-9-16)26(30,31)32/h2-4,7-9,12,14,18H,5-6,10-11,13H2,1H3,(H,34,41)(H,35,42). The second-order valence-electron chi connectivity index (χ2n) is 9.46. The van der Waals surface area contributed by atoms with E-state index in [1.165, 1.54) is 30.6 Å². The van der Waals surface area contributed by atoms with E-state index in [9.17, 15) is 35.9 Å². The molecule has 0 aliphatic rings. The summed E-state index contributed by atoms with van der Waals surface area (Å²) in [4.78, 5) is 28.3. The Morgan fingerprint density at radius 3 is 2.50 bits per heavy atom. The van der Waals surface area contributed by atoms with Crippen molar-refractivity contribution in [3.05, 3.63) is 81.3 Å². The summed E-state index contributed by atoms with van der Waals surface area (Å²) in [6.45, 7) is 0.158. The molecule has 2 amide bonds. The van der Waals surface area contributed by atoms with Crippen LogP contribution in [-0.4, -0.2) is 54.3 Å². The zero-order chi connectivity index (χ0) is 31.9. The highest BCUT2D eigenvalue weighted by molar-refractivity contribution is 7.13. The lowest BCUT2D eigenvalue weighted by molar-refractivity contribution is -0.159. The summed E-state index contributed by atoms with van der Waals surface area (Å²) < 4.78 is 84.9. The van der Waals surface area contributed by atoms with E-state index in [1.54, 1.807) is 6.07 Å². The molecule has 1 atom stereocenters. The highest BCUT2D eigenvalue weighted by Gasteiger charge is 2.31. The van der Waals surface area contributed by atoms with Gasteiger partial charge in [-0.3, -0.25) is 14.6 Å². The van der Waals surface area contributed by atoms with Gasteiger partial charge in [0.05, 0.1) is 18.3 Å². The van der Waals surface area contributed by atoms with Crippen molar-refractivity contribution in [2.45, 2.75) is 57.9 Å². The number of hydrogen-bond acceptors (Lipinski definition) is 9. The normalized spacial score (nSPS) is 12.5. The van der Waals surface area contributed by atoms with Crippen molar-refractivity contribution in [1.82, 2.24) is 40.8 Å². The van der Waals surface area contributed by atoms with E-state index in [0.717, 1.165) is 22.1 Å². The van der Waals surface area contributed by atoms with Crippen LogP contribution in [0.5, 0.6) is 5.75 Å². The van der Waals surface area contributed by atoms with Gasteiger partial charge in [-0.2, -0.15) is 22.0 Å². The smallest absolute Gasteiger partial charge is 0.417 e. The number of aryl methyl sites for hydroxylation is 1. The quantitative estimate of drug-likeness (QED) is 0.205. The molecule has 0 saturated carbocycles. The van der Waals surface area contributed by atoms with Crippen LogP contribution in [0.15, 0.2) is 48.9 Å². The summed E-state index contributed by atoms with van der Waals surface area (Å²) in [6.07, 6.45) is -6.13. The lowest BCUT2D eigenvalue weighted by Gasteiger charge is -2.13. The van der Waals surface area contributed by atoms with Gasteiger partial charge in [0, 0.05) is 38.8 Å². The molecule has 0 aliphatic heterocycles. The van der Waals surface area contributed by atoms with Gasteiger partial charge in [-0.15, -0.1) is 15.3 Å². The Morgan fingerprint density at radius 2 is 1.75 bits per heavy atom. The number of carbonyl (C=O) groups is 2. The molecule has 234 valence electrons. The predicted octanol–water partition coefficient (Wildman–Crippen LogP) is 4.37. The van der Waals surface area contributed by atoms with Gasteiger partial charge >= 0.3 is 12.3 Å². The molecule has 18 heteroatoms. The van der Waals surface area contributed by atoms with Crippen LogP contribution in [0.25, 0.3) is 0 Å². The molecular weight excluding hydrogens is 618 g/mol. The number of rotatable bonds is 13. The highest BCUT2D eigenvalue weighted by Crippen LogP contribution is 2.29. The van der Waals surface area contributed by atoms with Gasteiger partial charge < -0.3 is 15.4 Å². The third kappa shape index (κ3) is 9.72. The van der Waals surface area contributed by atoms with Crippen LogP contribution in [0.1, 0.15) is 55.3 Å².